The molecule has 0 N–H and O–H groups in total. The molecular formula is C14H16N2O3S. The lowest BCUT2D eigenvalue weighted by Crippen LogP contribution is -2.43. The highest BCUT2D eigenvalue weighted by atomic mass is 32.2. The molecule has 0 saturated heterocycles. The number of benzene rings is 1. The molecule has 0 fully saturated rings. The normalized spacial score (nSPS) is 16.6. The number of amidine groups is 1. The highest BCUT2D eigenvalue weighted by Crippen LogP contribution is 2.20. The molecule has 0 saturated carbocycles. The molecule has 0 unspecified atom stereocenters. The number of carbonyl (C=O) groups is 1. The summed E-state index contributed by atoms with van der Waals surface area (Å²) in [5.41, 5.74) is 0.955. The van der Waals surface area contributed by atoms with E-state index < -0.39 is 15.9 Å². The minimum Gasteiger partial charge on any atom is -0.273 e. The molecule has 1 aromatic rings. The van der Waals surface area contributed by atoms with Crippen LogP contribution in [0.5, 0.6) is 0 Å². The van der Waals surface area contributed by atoms with E-state index in [0.29, 0.717) is 6.54 Å². The number of allylic oxidation sites excluding steroid dienone is 1. The third-order valence-electron chi connectivity index (χ3n) is 2.91. The number of carbonyl (C=O) groups excluding carboxylic acids is 1. The van der Waals surface area contributed by atoms with E-state index in [2.05, 4.69) is 4.99 Å². The molecule has 0 aromatic heterocycles. The van der Waals surface area contributed by atoms with Crippen LogP contribution in [0.4, 0.5) is 0 Å². The number of nitrogens with zero attached hydrogens (tertiary/aromatic N) is 2. The summed E-state index contributed by atoms with van der Waals surface area (Å²) in [6, 6.07) is 6.40. The minimum atomic E-state index is -3.90. The molecule has 106 valence electrons. The van der Waals surface area contributed by atoms with E-state index in [9.17, 15) is 13.2 Å². The Balaban J connectivity index is 2.50. The Morgan fingerprint density at radius 1 is 1.25 bits per heavy atom. The van der Waals surface area contributed by atoms with Gasteiger partial charge in [0.15, 0.2) is 0 Å². The summed E-state index contributed by atoms with van der Waals surface area (Å²) in [6.45, 7) is 3.94. The maximum absolute atomic E-state index is 12.6. The van der Waals surface area contributed by atoms with Gasteiger partial charge in [-0.1, -0.05) is 23.8 Å². The predicted molar refractivity (Wildman–Crippen MR) is 76.9 cm³/mol. The quantitative estimate of drug-likeness (QED) is 0.854. The molecule has 1 amide bonds. The van der Waals surface area contributed by atoms with Crippen LogP contribution in [0.25, 0.3) is 0 Å². The van der Waals surface area contributed by atoms with Gasteiger partial charge < -0.3 is 0 Å². The topological polar surface area (TPSA) is 66.8 Å². The van der Waals surface area contributed by atoms with Gasteiger partial charge in [0.25, 0.3) is 10.0 Å². The summed E-state index contributed by atoms with van der Waals surface area (Å²) in [5, 5.41) is 0. The average Bonchev–Trinajstić information content (AvgIpc) is 2.39. The van der Waals surface area contributed by atoms with Crippen LogP contribution >= 0.6 is 0 Å². The van der Waals surface area contributed by atoms with Gasteiger partial charge >= 0.3 is 0 Å². The highest BCUT2D eigenvalue weighted by molar-refractivity contribution is 7.90. The molecule has 0 spiro atoms. The van der Waals surface area contributed by atoms with E-state index in [1.807, 2.05) is 6.92 Å². The molecule has 2 rings (SSSR count). The third kappa shape index (κ3) is 2.65. The van der Waals surface area contributed by atoms with Crippen LogP contribution in [0.1, 0.15) is 18.9 Å². The number of aliphatic imine (C=N–C) groups is 1. The van der Waals surface area contributed by atoms with Crippen molar-refractivity contribution in [2.24, 2.45) is 4.99 Å². The fraction of sp³-hybridized carbons (Fsp3) is 0.286. The van der Waals surface area contributed by atoms with Crippen molar-refractivity contribution >= 4 is 21.8 Å². The molecule has 1 heterocycles. The summed E-state index contributed by atoms with van der Waals surface area (Å²) in [5.74, 6) is -0.280. The Morgan fingerprint density at radius 3 is 2.50 bits per heavy atom. The van der Waals surface area contributed by atoms with E-state index in [-0.39, 0.29) is 17.2 Å². The van der Waals surface area contributed by atoms with E-state index in [4.69, 9.17) is 0 Å². The Hall–Kier alpha value is -1.95. The van der Waals surface area contributed by atoms with Crippen LogP contribution in [-0.2, 0) is 14.8 Å². The largest absolute Gasteiger partial charge is 0.273 e. The predicted octanol–water partition coefficient (Wildman–Crippen LogP) is 1.89. The summed E-state index contributed by atoms with van der Waals surface area (Å²) >= 11 is 0. The van der Waals surface area contributed by atoms with Gasteiger partial charge in [0.1, 0.15) is 5.84 Å². The number of aryl methyl sites for hydroxylation is 1. The Morgan fingerprint density at radius 2 is 1.90 bits per heavy atom. The van der Waals surface area contributed by atoms with Crippen LogP contribution in [0.15, 0.2) is 46.3 Å². The van der Waals surface area contributed by atoms with Gasteiger partial charge in [-0.05, 0) is 32.1 Å². The second-order valence-electron chi connectivity index (χ2n) is 4.47. The van der Waals surface area contributed by atoms with E-state index in [0.717, 1.165) is 9.87 Å². The molecule has 0 bridgehead atoms. The summed E-state index contributed by atoms with van der Waals surface area (Å²) < 4.78 is 26.0. The lowest BCUT2D eigenvalue weighted by atomic mass is 10.2. The molecule has 0 aliphatic carbocycles. The zero-order valence-electron chi connectivity index (χ0n) is 11.4. The molecule has 1 aromatic carbocycles. The minimum absolute atomic E-state index is 0.0931. The van der Waals surface area contributed by atoms with Crippen molar-refractivity contribution in [2.45, 2.75) is 25.2 Å². The Labute approximate surface area is 118 Å². The van der Waals surface area contributed by atoms with E-state index in [1.54, 1.807) is 25.1 Å². The maximum Gasteiger partial charge on any atom is 0.272 e. The molecule has 5 nitrogen and oxygen atoms in total. The number of rotatable bonds is 3. The molecule has 1 aliphatic rings. The van der Waals surface area contributed by atoms with E-state index >= 15 is 0 Å². The van der Waals surface area contributed by atoms with E-state index in [1.165, 1.54) is 18.2 Å². The zero-order valence-corrected chi connectivity index (χ0v) is 12.2. The van der Waals surface area contributed by atoms with Crippen molar-refractivity contribution in [3.63, 3.8) is 0 Å². The summed E-state index contributed by atoms with van der Waals surface area (Å²) in [4.78, 5) is 16.2. The molecule has 0 radical (unpaired) electrons. The third-order valence-corrected chi connectivity index (χ3v) is 4.65. The highest BCUT2D eigenvalue weighted by Gasteiger charge is 2.34. The molecule has 0 atom stereocenters. The number of amides is 1. The van der Waals surface area contributed by atoms with Gasteiger partial charge in [-0.25, -0.2) is 8.42 Å². The maximum atomic E-state index is 12.6. The average molecular weight is 292 g/mol. The lowest BCUT2D eigenvalue weighted by Gasteiger charge is -2.25. The fourth-order valence-electron chi connectivity index (χ4n) is 1.90. The van der Waals surface area contributed by atoms with Crippen LogP contribution < -0.4 is 0 Å². The second kappa shape index (κ2) is 5.58. The fourth-order valence-corrected chi connectivity index (χ4v) is 3.32. The number of sulfonamides is 1. The zero-order chi connectivity index (χ0) is 14.8. The number of hydrogen-bond donors (Lipinski definition) is 0. The summed E-state index contributed by atoms with van der Waals surface area (Å²) in [6.07, 6.45) is 3.30. The Bertz CT molecular complexity index is 673. The molecule has 6 heteroatoms. The molecule has 1 aliphatic heterocycles. The first-order valence-corrected chi connectivity index (χ1v) is 7.73. The summed E-state index contributed by atoms with van der Waals surface area (Å²) in [7, 11) is -3.90. The smallest absolute Gasteiger partial charge is 0.272 e. The second-order valence-corrected chi connectivity index (χ2v) is 6.25. The molecular weight excluding hydrogens is 276 g/mol. The monoisotopic (exact) mass is 292 g/mol. The van der Waals surface area contributed by atoms with Gasteiger partial charge in [0.05, 0.1) is 11.4 Å². The first-order valence-electron chi connectivity index (χ1n) is 6.29. The van der Waals surface area contributed by atoms with Gasteiger partial charge in [-0.3, -0.25) is 9.79 Å². The van der Waals surface area contributed by atoms with Gasteiger partial charge in [0, 0.05) is 6.42 Å². The van der Waals surface area contributed by atoms with Crippen LogP contribution in [0, 0.1) is 6.92 Å². The molecule has 20 heavy (non-hydrogen) atoms. The van der Waals surface area contributed by atoms with Crippen molar-refractivity contribution in [1.82, 2.24) is 4.31 Å². The van der Waals surface area contributed by atoms with Crippen LogP contribution in [0.2, 0.25) is 0 Å². The van der Waals surface area contributed by atoms with Crippen LogP contribution in [-0.4, -0.2) is 31.0 Å². The van der Waals surface area contributed by atoms with Crippen molar-refractivity contribution in [1.29, 1.82) is 0 Å². The van der Waals surface area contributed by atoms with Crippen LogP contribution in [0.3, 0.4) is 0 Å². The van der Waals surface area contributed by atoms with Crippen molar-refractivity contribution in [3.8, 4) is 0 Å². The first kappa shape index (κ1) is 14.5. The van der Waals surface area contributed by atoms with Gasteiger partial charge in [0.2, 0.25) is 5.91 Å². The van der Waals surface area contributed by atoms with Gasteiger partial charge in [-0.15, -0.1) is 0 Å². The van der Waals surface area contributed by atoms with Gasteiger partial charge in [-0.2, -0.15) is 4.31 Å². The Kier molecular flexibility index (Phi) is 4.04. The standard InChI is InChI=1S/C14H16N2O3S/c1-3-4-13-15-10-9-14(17)16(13)20(18,19)12-7-5-11(2)6-8-12/h3-8H,9-10H2,1-2H3/b4-3+. The first-order chi connectivity index (χ1) is 9.46. The lowest BCUT2D eigenvalue weighted by molar-refractivity contribution is -0.124. The SMILES string of the molecule is C/C=C/C1=NCCC(=O)N1S(=O)(=O)c1ccc(C)cc1. The number of hydrogen-bond acceptors (Lipinski definition) is 4. The van der Waals surface area contributed by atoms with Crippen molar-refractivity contribution in [2.75, 3.05) is 6.54 Å². The van der Waals surface area contributed by atoms with Crippen molar-refractivity contribution < 1.29 is 13.2 Å². The van der Waals surface area contributed by atoms with Crippen molar-refractivity contribution in [3.05, 3.63) is 42.0 Å².